The lowest BCUT2D eigenvalue weighted by Gasteiger charge is -2.31. The van der Waals surface area contributed by atoms with Gasteiger partial charge in [-0.15, -0.1) is 11.3 Å². The van der Waals surface area contributed by atoms with Gasteiger partial charge in [0.05, 0.1) is 17.8 Å². The molecule has 1 atom stereocenters. The number of benzene rings is 4. The summed E-state index contributed by atoms with van der Waals surface area (Å²) in [6.45, 7) is 2.33. The average Bonchev–Trinajstić information content (AvgIpc) is 3.56. The van der Waals surface area contributed by atoms with E-state index in [0.717, 1.165) is 33.2 Å². The number of pyridine rings is 1. The van der Waals surface area contributed by atoms with Crippen molar-refractivity contribution in [3.05, 3.63) is 143 Å². The van der Waals surface area contributed by atoms with Crippen LogP contribution >= 0.6 is 11.3 Å². The van der Waals surface area contributed by atoms with E-state index in [1.54, 1.807) is 23.7 Å². The first kappa shape index (κ1) is 29.7. The molecule has 0 aliphatic rings. The number of aromatic nitrogens is 2. The van der Waals surface area contributed by atoms with Crippen molar-refractivity contribution in [2.45, 2.75) is 23.9 Å². The Hall–Kier alpha value is -4.41. The fraction of sp³-hybridized carbons (Fsp3) is 0.143. The summed E-state index contributed by atoms with van der Waals surface area (Å²) in [5.41, 5.74) is 4.62. The van der Waals surface area contributed by atoms with Crippen molar-refractivity contribution >= 4 is 37.8 Å². The summed E-state index contributed by atoms with van der Waals surface area (Å²) in [5.74, 6) is 0. The highest BCUT2D eigenvalue weighted by atomic mass is 32.2. The molecule has 0 spiro atoms. The maximum atomic E-state index is 13.5. The molecule has 4 aromatic carbocycles. The number of anilines is 1. The standard InChI is InChI=1S/C35H32N4O3S2/c1-35(37-21-22-40,32-13-7-8-20-36-32)27-15-17-28(18-16-27)39-44(41,42)33-24-43-34(38-33)30-19-14-26-11-5-6-12-29(26)31(30)23-25-9-3-2-4-10-25/h2-20,24,37,39-40H,21-23H2,1H3. The number of sulfonamides is 1. The van der Waals surface area contributed by atoms with E-state index < -0.39 is 15.6 Å². The zero-order chi connectivity index (χ0) is 30.6. The second kappa shape index (κ2) is 12.7. The number of nitrogens with one attached hydrogen (secondary N) is 2. The number of hydrogen-bond acceptors (Lipinski definition) is 7. The van der Waals surface area contributed by atoms with Crippen molar-refractivity contribution in [3.8, 4) is 10.6 Å². The second-order valence-electron chi connectivity index (χ2n) is 10.6. The summed E-state index contributed by atoms with van der Waals surface area (Å²) in [7, 11) is -3.94. The van der Waals surface area contributed by atoms with Crippen LogP contribution in [0.2, 0.25) is 0 Å². The Bertz CT molecular complexity index is 1980. The molecule has 222 valence electrons. The van der Waals surface area contributed by atoms with Crippen molar-refractivity contribution < 1.29 is 13.5 Å². The van der Waals surface area contributed by atoms with Gasteiger partial charge in [0.1, 0.15) is 5.01 Å². The largest absolute Gasteiger partial charge is 0.395 e. The molecule has 2 heterocycles. The molecule has 0 fully saturated rings. The Morgan fingerprint density at radius 3 is 2.36 bits per heavy atom. The molecule has 9 heteroatoms. The van der Waals surface area contributed by atoms with Crippen LogP contribution in [0.5, 0.6) is 0 Å². The molecule has 6 aromatic rings. The Balaban J connectivity index is 1.28. The van der Waals surface area contributed by atoms with Gasteiger partial charge >= 0.3 is 0 Å². The van der Waals surface area contributed by atoms with Gasteiger partial charge in [0.2, 0.25) is 0 Å². The van der Waals surface area contributed by atoms with Crippen LogP contribution in [0.3, 0.4) is 0 Å². The van der Waals surface area contributed by atoms with Gasteiger partial charge in [-0.05, 0) is 65.1 Å². The quantitative estimate of drug-likeness (QED) is 0.151. The molecule has 2 aromatic heterocycles. The van der Waals surface area contributed by atoms with Crippen LogP contribution in [-0.4, -0.2) is 36.6 Å². The van der Waals surface area contributed by atoms with Crippen LogP contribution in [0, 0.1) is 0 Å². The van der Waals surface area contributed by atoms with E-state index in [4.69, 9.17) is 0 Å². The molecular weight excluding hydrogens is 589 g/mol. The fourth-order valence-electron chi connectivity index (χ4n) is 5.42. The fourth-order valence-corrected chi connectivity index (χ4v) is 7.62. The average molecular weight is 621 g/mol. The Kier molecular flexibility index (Phi) is 8.54. The zero-order valence-corrected chi connectivity index (χ0v) is 25.8. The smallest absolute Gasteiger partial charge is 0.280 e. The first-order valence-corrected chi connectivity index (χ1v) is 16.6. The number of hydrogen-bond donors (Lipinski definition) is 3. The SMILES string of the molecule is CC(NCCO)(c1ccc(NS(=O)(=O)c2csc(-c3ccc4ccccc4c3Cc3ccccc3)n2)cc1)c1ccccn1. The van der Waals surface area contributed by atoms with Crippen molar-refractivity contribution in [1.29, 1.82) is 0 Å². The number of nitrogens with zero attached hydrogens (tertiary/aromatic N) is 2. The summed E-state index contributed by atoms with van der Waals surface area (Å²) in [6, 6.07) is 35.4. The van der Waals surface area contributed by atoms with Crippen molar-refractivity contribution in [3.63, 3.8) is 0 Å². The molecule has 3 N–H and O–H groups in total. The van der Waals surface area contributed by atoms with Crippen LogP contribution in [-0.2, 0) is 22.0 Å². The minimum atomic E-state index is -3.94. The van der Waals surface area contributed by atoms with Gasteiger partial charge in [-0.25, -0.2) is 4.98 Å². The van der Waals surface area contributed by atoms with Crippen molar-refractivity contribution in [2.75, 3.05) is 17.9 Å². The Labute approximate surface area is 261 Å². The highest BCUT2D eigenvalue weighted by Crippen LogP contribution is 2.35. The molecule has 0 saturated carbocycles. The molecule has 44 heavy (non-hydrogen) atoms. The predicted molar refractivity (Wildman–Crippen MR) is 177 cm³/mol. The van der Waals surface area contributed by atoms with Gasteiger partial charge in [-0.2, -0.15) is 8.42 Å². The van der Waals surface area contributed by atoms with E-state index in [-0.39, 0.29) is 11.6 Å². The first-order chi connectivity index (χ1) is 21.4. The molecule has 0 amide bonds. The van der Waals surface area contributed by atoms with Crippen molar-refractivity contribution in [2.24, 2.45) is 0 Å². The van der Waals surface area contributed by atoms with Gasteiger partial charge < -0.3 is 10.4 Å². The lowest BCUT2D eigenvalue weighted by molar-refractivity contribution is 0.271. The first-order valence-electron chi connectivity index (χ1n) is 14.3. The predicted octanol–water partition coefficient (Wildman–Crippen LogP) is 6.60. The zero-order valence-electron chi connectivity index (χ0n) is 24.1. The summed E-state index contributed by atoms with van der Waals surface area (Å²) in [4.78, 5) is 9.13. The second-order valence-corrected chi connectivity index (χ2v) is 13.1. The van der Waals surface area contributed by atoms with E-state index in [1.165, 1.54) is 16.9 Å². The lowest BCUT2D eigenvalue weighted by atomic mass is 9.88. The molecule has 7 nitrogen and oxygen atoms in total. The minimum absolute atomic E-state index is 0.0247. The van der Waals surface area contributed by atoms with Crippen LogP contribution in [0.25, 0.3) is 21.3 Å². The highest BCUT2D eigenvalue weighted by Gasteiger charge is 2.30. The third kappa shape index (κ3) is 6.13. The van der Waals surface area contributed by atoms with Crippen LogP contribution in [0.1, 0.15) is 29.3 Å². The van der Waals surface area contributed by atoms with Gasteiger partial charge in [-0.3, -0.25) is 9.71 Å². The van der Waals surface area contributed by atoms with E-state index in [0.29, 0.717) is 23.7 Å². The number of aliphatic hydroxyl groups excluding tert-OH is 1. The van der Waals surface area contributed by atoms with Crippen LogP contribution < -0.4 is 10.0 Å². The molecule has 0 saturated heterocycles. The summed E-state index contributed by atoms with van der Waals surface area (Å²) in [5, 5.41) is 17.3. The third-order valence-corrected chi connectivity index (χ3v) is 10.0. The number of thiazole rings is 1. The molecule has 0 aliphatic carbocycles. The van der Waals surface area contributed by atoms with Crippen LogP contribution in [0.15, 0.2) is 126 Å². The molecule has 0 bridgehead atoms. The normalized spacial score (nSPS) is 13.0. The minimum Gasteiger partial charge on any atom is -0.395 e. The monoisotopic (exact) mass is 620 g/mol. The lowest BCUT2D eigenvalue weighted by Crippen LogP contribution is -2.42. The highest BCUT2D eigenvalue weighted by molar-refractivity contribution is 7.92. The van der Waals surface area contributed by atoms with Gasteiger partial charge in [0.25, 0.3) is 10.0 Å². The third-order valence-electron chi connectivity index (χ3n) is 7.74. The maximum absolute atomic E-state index is 13.5. The van der Waals surface area contributed by atoms with Gasteiger partial charge in [-0.1, -0.05) is 84.9 Å². The Morgan fingerprint density at radius 2 is 1.61 bits per heavy atom. The number of rotatable bonds is 11. The van der Waals surface area contributed by atoms with Crippen molar-refractivity contribution in [1.82, 2.24) is 15.3 Å². The van der Waals surface area contributed by atoms with E-state index in [2.05, 4.69) is 50.3 Å². The summed E-state index contributed by atoms with van der Waals surface area (Å²) >= 11 is 1.32. The number of fused-ring (bicyclic) bond motifs is 1. The van der Waals surface area contributed by atoms with Gasteiger partial charge in [0.15, 0.2) is 5.03 Å². The van der Waals surface area contributed by atoms with E-state index >= 15 is 0 Å². The molecule has 0 radical (unpaired) electrons. The van der Waals surface area contributed by atoms with Crippen LogP contribution in [0.4, 0.5) is 5.69 Å². The van der Waals surface area contributed by atoms with Gasteiger partial charge in [0, 0.05) is 29.4 Å². The molecule has 6 rings (SSSR count). The Morgan fingerprint density at radius 1 is 0.864 bits per heavy atom. The number of aliphatic hydroxyl groups is 1. The molecule has 0 aliphatic heterocycles. The van der Waals surface area contributed by atoms with E-state index in [9.17, 15) is 13.5 Å². The molecule has 1 unspecified atom stereocenters. The van der Waals surface area contributed by atoms with E-state index in [1.807, 2.05) is 73.7 Å². The topological polar surface area (TPSA) is 104 Å². The summed E-state index contributed by atoms with van der Waals surface area (Å²) < 4.78 is 29.6. The maximum Gasteiger partial charge on any atom is 0.280 e. The molecular formula is C35H32N4O3S2. The summed E-state index contributed by atoms with van der Waals surface area (Å²) in [6.07, 6.45) is 2.43.